The minimum atomic E-state index is -0.443. The highest BCUT2D eigenvalue weighted by molar-refractivity contribution is 6.33. The number of carbonyl (C=O) groups is 3. The first-order valence-corrected chi connectivity index (χ1v) is 10.6. The van der Waals surface area contributed by atoms with Crippen LogP contribution in [0.2, 0.25) is 5.02 Å². The number of halogens is 1. The summed E-state index contributed by atoms with van der Waals surface area (Å²) in [5.41, 5.74) is 4.31. The Labute approximate surface area is 180 Å². The molecule has 2 aliphatic rings. The highest BCUT2D eigenvalue weighted by Gasteiger charge is 2.36. The van der Waals surface area contributed by atoms with E-state index < -0.39 is 5.92 Å². The van der Waals surface area contributed by atoms with Crippen molar-refractivity contribution in [1.82, 2.24) is 0 Å². The molecule has 7 heteroatoms. The summed E-state index contributed by atoms with van der Waals surface area (Å²) in [6, 6.07) is 11.2. The number of fused-ring (bicyclic) bond motifs is 1. The van der Waals surface area contributed by atoms with Crippen molar-refractivity contribution in [3.8, 4) is 0 Å². The molecule has 1 unspecified atom stereocenters. The number of nitrogens with one attached hydrogen (secondary N) is 1. The van der Waals surface area contributed by atoms with Gasteiger partial charge in [-0.25, -0.2) is 0 Å². The highest BCUT2D eigenvalue weighted by atomic mass is 35.5. The lowest BCUT2D eigenvalue weighted by atomic mass is 10.1. The Balaban J connectivity index is 1.47. The Morgan fingerprint density at radius 3 is 2.73 bits per heavy atom. The van der Waals surface area contributed by atoms with Gasteiger partial charge in [0.1, 0.15) is 0 Å². The van der Waals surface area contributed by atoms with E-state index in [1.807, 2.05) is 38.1 Å². The minimum absolute atomic E-state index is 0.0791. The molecule has 0 radical (unpaired) electrons. The van der Waals surface area contributed by atoms with Crippen LogP contribution in [-0.4, -0.2) is 30.8 Å². The largest absolute Gasteiger partial charge is 0.324 e. The topological polar surface area (TPSA) is 69.7 Å². The van der Waals surface area contributed by atoms with Crippen LogP contribution < -0.4 is 15.1 Å². The van der Waals surface area contributed by atoms with Crippen molar-refractivity contribution in [2.75, 3.05) is 28.2 Å². The van der Waals surface area contributed by atoms with Gasteiger partial charge in [-0.1, -0.05) is 24.6 Å². The van der Waals surface area contributed by atoms with Crippen molar-refractivity contribution < 1.29 is 14.4 Å². The molecule has 2 heterocycles. The van der Waals surface area contributed by atoms with Gasteiger partial charge in [-0.2, -0.15) is 0 Å². The Morgan fingerprint density at radius 1 is 1.20 bits per heavy atom. The van der Waals surface area contributed by atoms with Crippen LogP contribution in [0.25, 0.3) is 0 Å². The lowest BCUT2D eigenvalue weighted by Gasteiger charge is -2.20. The average molecular weight is 426 g/mol. The van der Waals surface area contributed by atoms with Gasteiger partial charge in [0.2, 0.25) is 17.7 Å². The van der Waals surface area contributed by atoms with Crippen molar-refractivity contribution in [3.05, 3.63) is 52.5 Å². The molecule has 2 aliphatic heterocycles. The summed E-state index contributed by atoms with van der Waals surface area (Å²) in [5.74, 6) is -0.631. The van der Waals surface area contributed by atoms with Crippen LogP contribution in [0.1, 0.15) is 30.9 Å². The van der Waals surface area contributed by atoms with E-state index in [1.54, 1.807) is 21.9 Å². The number of hydrogen-bond donors (Lipinski definition) is 1. The van der Waals surface area contributed by atoms with Gasteiger partial charge in [-0.15, -0.1) is 0 Å². The number of hydrogen-bond acceptors (Lipinski definition) is 3. The van der Waals surface area contributed by atoms with E-state index in [-0.39, 0.29) is 24.1 Å². The van der Waals surface area contributed by atoms with E-state index in [1.165, 1.54) is 0 Å². The van der Waals surface area contributed by atoms with Gasteiger partial charge in [0.15, 0.2) is 0 Å². The zero-order valence-electron chi connectivity index (χ0n) is 17.1. The molecule has 0 aromatic heterocycles. The standard InChI is InChI=1S/C23H24ClN3O3/c1-3-21(28)26-9-8-15-11-17(5-7-20(15)26)27-13-16(12-22(27)29)23(30)25-19-6-4-14(2)10-18(19)24/h4-7,10-11,16H,3,8-9,12-13H2,1-2H3,(H,25,30). The van der Waals surface area contributed by atoms with Gasteiger partial charge < -0.3 is 15.1 Å². The van der Waals surface area contributed by atoms with E-state index in [0.717, 1.165) is 28.9 Å². The molecule has 0 spiro atoms. The molecule has 1 fully saturated rings. The summed E-state index contributed by atoms with van der Waals surface area (Å²) >= 11 is 6.21. The van der Waals surface area contributed by atoms with Crippen LogP contribution in [0.4, 0.5) is 17.1 Å². The number of aryl methyl sites for hydroxylation is 1. The number of carbonyl (C=O) groups excluding carboxylic acids is 3. The lowest BCUT2D eigenvalue weighted by Crippen LogP contribution is -2.28. The van der Waals surface area contributed by atoms with Crippen LogP contribution in [0.5, 0.6) is 0 Å². The van der Waals surface area contributed by atoms with Gasteiger partial charge in [0.25, 0.3) is 0 Å². The Kier molecular flexibility index (Phi) is 5.52. The quantitative estimate of drug-likeness (QED) is 0.806. The first kappa shape index (κ1) is 20.4. The third kappa shape index (κ3) is 3.79. The maximum Gasteiger partial charge on any atom is 0.229 e. The molecule has 1 N–H and O–H groups in total. The van der Waals surface area contributed by atoms with Crippen LogP contribution in [-0.2, 0) is 20.8 Å². The van der Waals surface area contributed by atoms with E-state index in [9.17, 15) is 14.4 Å². The third-order valence-corrected chi connectivity index (χ3v) is 6.06. The first-order chi connectivity index (χ1) is 14.4. The van der Waals surface area contributed by atoms with Crippen LogP contribution in [0.15, 0.2) is 36.4 Å². The molecule has 4 rings (SSSR count). The number of rotatable bonds is 4. The normalized spacial score (nSPS) is 18.0. The van der Waals surface area contributed by atoms with E-state index in [2.05, 4.69) is 5.32 Å². The van der Waals surface area contributed by atoms with E-state index in [0.29, 0.717) is 30.2 Å². The highest BCUT2D eigenvalue weighted by Crippen LogP contribution is 2.34. The lowest BCUT2D eigenvalue weighted by molar-refractivity contribution is -0.122. The van der Waals surface area contributed by atoms with Gasteiger partial charge in [-0.3, -0.25) is 14.4 Å². The smallest absolute Gasteiger partial charge is 0.229 e. The predicted molar refractivity (Wildman–Crippen MR) is 118 cm³/mol. The molecule has 2 aromatic carbocycles. The van der Waals surface area contributed by atoms with Crippen molar-refractivity contribution in [3.63, 3.8) is 0 Å². The molecule has 30 heavy (non-hydrogen) atoms. The summed E-state index contributed by atoms with van der Waals surface area (Å²) in [7, 11) is 0. The first-order valence-electron chi connectivity index (χ1n) is 10.2. The second kappa shape index (κ2) is 8.11. The molecule has 0 saturated carbocycles. The van der Waals surface area contributed by atoms with Gasteiger partial charge in [0.05, 0.1) is 16.6 Å². The monoisotopic (exact) mass is 425 g/mol. The fourth-order valence-electron chi connectivity index (χ4n) is 4.10. The van der Waals surface area contributed by atoms with Crippen molar-refractivity contribution in [2.45, 2.75) is 33.1 Å². The van der Waals surface area contributed by atoms with Gasteiger partial charge >= 0.3 is 0 Å². The van der Waals surface area contributed by atoms with Crippen molar-refractivity contribution in [1.29, 1.82) is 0 Å². The number of anilines is 3. The Hall–Kier alpha value is -2.86. The molecule has 0 bridgehead atoms. The molecular formula is C23H24ClN3O3. The van der Waals surface area contributed by atoms with Crippen LogP contribution >= 0.6 is 11.6 Å². The summed E-state index contributed by atoms with van der Waals surface area (Å²) in [5, 5.41) is 3.33. The van der Waals surface area contributed by atoms with Crippen molar-refractivity contribution >= 4 is 46.4 Å². The molecule has 6 nitrogen and oxygen atoms in total. The van der Waals surface area contributed by atoms with Gasteiger partial charge in [0, 0.05) is 37.3 Å². The van der Waals surface area contributed by atoms with Gasteiger partial charge in [-0.05, 0) is 54.8 Å². The predicted octanol–water partition coefficient (Wildman–Crippen LogP) is 3.94. The molecule has 0 aliphatic carbocycles. The maximum atomic E-state index is 12.7. The zero-order valence-corrected chi connectivity index (χ0v) is 17.8. The second-order valence-corrected chi connectivity index (χ2v) is 8.25. The fraction of sp³-hybridized carbons (Fsp3) is 0.348. The van der Waals surface area contributed by atoms with E-state index >= 15 is 0 Å². The Morgan fingerprint density at radius 2 is 2.00 bits per heavy atom. The Bertz CT molecular complexity index is 1040. The van der Waals surface area contributed by atoms with E-state index in [4.69, 9.17) is 11.6 Å². The van der Waals surface area contributed by atoms with Crippen LogP contribution in [0, 0.1) is 12.8 Å². The summed E-state index contributed by atoms with van der Waals surface area (Å²) in [6.07, 6.45) is 1.40. The van der Waals surface area contributed by atoms with Crippen molar-refractivity contribution in [2.24, 2.45) is 5.92 Å². The summed E-state index contributed by atoms with van der Waals surface area (Å²) in [4.78, 5) is 40.9. The number of nitrogens with zero attached hydrogens (tertiary/aromatic N) is 2. The summed E-state index contributed by atoms with van der Waals surface area (Å²) in [6.45, 7) is 4.78. The van der Waals surface area contributed by atoms with Crippen LogP contribution in [0.3, 0.4) is 0 Å². The number of amides is 3. The summed E-state index contributed by atoms with van der Waals surface area (Å²) < 4.78 is 0. The zero-order chi connectivity index (χ0) is 21.4. The third-order valence-electron chi connectivity index (χ3n) is 5.75. The SMILES string of the molecule is CCC(=O)N1CCc2cc(N3CC(C(=O)Nc4ccc(C)cc4Cl)CC3=O)ccc21. The molecule has 1 atom stereocenters. The average Bonchev–Trinajstić information content (AvgIpc) is 3.32. The maximum absolute atomic E-state index is 12.7. The molecule has 3 amide bonds. The second-order valence-electron chi connectivity index (χ2n) is 7.84. The molecule has 2 aromatic rings. The number of benzene rings is 2. The molecular weight excluding hydrogens is 402 g/mol. The molecule has 1 saturated heterocycles. The minimum Gasteiger partial charge on any atom is -0.324 e. The fourth-order valence-corrected chi connectivity index (χ4v) is 4.38. The molecule has 156 valence electrons.